The van der Waals surface area contributed by atoms with Gasteiger partial charge in [-0.05, 0) is 11.1 Å². The number of benzene rings is 1. The SMILES string of the molecule is C#CCN[C@@H]1c2ccccc2C[C@H]1F. The summed E-state index contributed by atoms with van der Waals surface area (Å²) in [5.41, 5.74) is 2.14. The Balaban J connectivity index is 2.22. The van der Waals surface area contributed by atoms with Gasteiger partial charge in [0.25, 0.3) is 0 Å². The van der Waals surface area contributed by atoms with E-state index in [1.54, 1.807) is 0 Å². The molecule has 0 radical (unpaired) electrons. The Labute approximate surface area is 83.3 Å². The van der Waals surface area contributed by atoms with Crippen molar-refractivity contribution < 1.29 is 4.39 Å². The first kappa shape index (κ1) is 9.23. The summed E-state index contributed by atoms with van der Waals surface area (Å²) in [6, 6.07) is 7.58. The van der Waals surface area contributed by atoms with Gasteiger partial charge in [-0.25, -0.2) is 4.39 Å². The van der Waals surface area contributed by atoms with Gasteiger partial charge in [-0.2, -0.15) is 0 Å². The van der Waals surface area contributed by atoms with Crippen LogP contribution in [0.5, 0.6) is 0 Å². The van der Waals surface area contributed by atoms with E-state index in [0.717, 1.165) is 11.1 Å². The largest absolute Gasteiger partial charge is 0.297 e. The first-order valence-corrected chi connectivity index (χ1v) is 4.71. The smallest absolute Gasteiger partial charge is 0.124 e. The molecule has 0 fully saturated rings. The number of nitrogens with one attached hydrogen (secondary N) is 1. The highest BCUT2D eigenvalue weighted by atomic mass is 19.1. The topological polar surface area (TPSA) is 12.0 Å². The molecular formula is C12H12FN. The lowest BCUT2D eigenvalue weighted by Crippen LogP contribution is -2.26. The molecule has 0 aliphatic heterocycles. The van der Waals surface area contributed by atoms with Gasteiger partial charge in [-0.15, -0.1) is 6.42 Å². The fourth-order valence-electron chi connectivity index (χ4n) is 1.95. The van der Waals surface area contributed by atoms with Crippen LogP contribution in [-0.4, -0.2) is 12.7 Å². The summed E-state index contributed by atoms with van der Waals surface area (Å²) in [5.74, 6) is 2.47. The Kier molecular flexibility index (Phi) is 2.51. The summed E-state index contributed by atoms with van der Waals surface area (Å²) in [4.78, 5) is 0. The zero-order valence-electron chi connectivity index (χ0n) is 7.83. The maximum atomic E-state index is 13.6. The standard InChI is InChI=1S/C12H12FN/c1-2-7-14-12-10-6-4-3-5-9(10)8-11(12)13/h1,3-6,11-12,14H,7-8H2/t11-,12-/m1/s1. The molecular weight excluding hydrogens is 177 g/mol. The van der Waals surface area contributed by atoms with Gasteiger partial charge in [-0.3, -0.25) is 5.32 Å². The van der Waals surface area contributed by atoms with Crippen molar-refractivity contribution in [2.75, 3.05) is 6.54 Å². The molecule has 0 aromatic heterocycles. The highest BCUT2D eigenvalue weighted by Gasteiger charge is 2.31. The molecule has 0 heterocycles. The van der Waals surface area contributed by atoms with Crippen molar-refractivity contribution in [2.24, 2.45) is 0 Å². The zero-order valence-corrected chi connectivity index (χ0v) is 7.83. The van der Waals surface area contributed by atoms with Gasteiger partial charge in [-0.1, -0.05) is 30.2 Å². The molecule has 1 nitrogen and oxygen atoms in total. The summed E-state index contributed by atoms with van der Waals surface area (Å²) < 4.78 is 13.6. The molecule has 1 N–H and O–H groups in total. The third-order valence-corrected chi connectivity index (χ3v) is 2.59. The van der Waals surface area contributed by atoms with Crippen LogP contribution in [0.2, 0.25) is 0 Å². The molecule has 1 aliphatic carbocycles. The number of terminal acetylenes is 1. The Bertz CT molecular complexity index is 367. The van der Waals surface area contributed by atoms with Gasteiger partial charge < -0.3 is 0 Å². The summed E-state index contributed by atoms with van der Waals surface area (Å²) in [7, 11) is 0. The van der Waals surface area contributed by atoms with Gasteiger partial charge in [0.1, 0.15) is 6.17 Å². The van der Waals surface area contributed by atoms with Gasteiger partial charge in [0.15, 0.2) is 0 Å². The summed E-state index contributed by atoms with van der Waals surface area (Å²) in [6.07, 6.45) is 4.79. The van der Waals surface area contributed by atoms with Gasteiger partial charge in [0.05, 0.1) is 12.6 Å². The van der Waals surface area contributed by atoms with Crippen molar-refractivity contribution in [1.29, 1.82) is 0 Å². The fourth-order valence-corrected chi connectivity index (χ4v) is 1.95. The molecule has 0 bridgehead atoms. The van der Waals surface area contributed by atoms with Crippen LogP contribution in [-0.2, 0) is 6.42 Å². The molecule has 0 amide bonds. The van der Waals surface area contributed by atoms with Crippen LogP contribution >= 0.6 is 0 Å². The molecule has 1 aromatic rings. The molecule has 2 atom stereocenters. The molecule has 0 saturated heterocycles. The van der Waals surface area contributed by atoms with E-state index in [-0.39, 0.29) is 6.04 Å². The van der Waals surface area contributed by atoms with E-state index in [2.05, 4.69) is 11.2 Å². The number of halogens is 1. The number of hydrogen-bond acceptors (Lipinski definition) is 1. The van der Waals surface area contributed by atoms with Crippen LogP contribution in [0.1, 0.15) is 17.2 Å². The van der Waals surface area contributed by atoms with E-state index in [1.807, 2.05) is 24.3 Å². The third kappa shape index (κ3) is 1.51. The van der Waals surface area contributed by atoms with Gasteiger partial charge in [0, 0.05) is 6.42 Å². The van der Waals surface area contributed by atoms with Crippen molar-refractivity contribution in [3.05, 3.63) is 35.4 Å². The number of fused-ring (bicyclic) bond motifs is 1. The van der Waals surface area contributed by atoms with Crippen LogP contribution in [0.25, 0.3) is 0 Å². The van der Waals surface area contributed by atoms with E-state index in [0.29, 0.717) is 13.0 Å². The van der Waals surface area contributed by atoms with Crippen LogP contribution in [0.4, 0.5) is 4.39 Å². The second-order valence-electron chi connectivity index (χ2n) is 3.48. The molecule has 0 unspecified atom stereocenters. The van der Waals surface area contributed by atoms with Gasteiger partial charge >= 0.3 is 0 Å². The average molecular weight is 189 g/mol. The average Bonchev–Trinajstić information content (AvgIpc) is 2.51. The minimum Gasteiger partial charge on any atom is -0.297 e. The monoisotopic (exact) mass is 189 g/mol. The van der Waals surface area contributed by atoms with Crippen molar-refractivity contribution in [3.63, 3.8) is 0 Å². The Hall–Kier alpha value is -1.33. The maximum absolute atomic E-state index is 13.6. The van der Waals surface area contributed by atoms with Crippen molar-refractivity contribution in [3.8, 4) is 12.3 Å². The highest BCUT2D eigenvalue weighted by molar-refractivity contribution is 5.36. The Morgan fingerprint density at radius 2 is 2.29 bits per heavy atom. The minimum atomic E-state index is -0.847. The number of alkyl halides is 1. The van der Waals surface area contributed by atoms with Gasteiger partial charge in [0.2, 0.25) is 0 Å². The lowest BCUT2D eigenvalue weighted by atomic mass is 10.1. The van der Waals surface area contributed by atoms with E-state index in [4.69, 9.17) is 6.42 Å². The quantitative estimate of drug-likeness (QED) is 0.700. The normalized spacial score (nSPS) is 24.3. The number of rotatable bonds is 2. The summed E-state index contributed by atoms with van der Waals surface area (Å²) in [6.45, 7) is 0.416. The predicted octanol–water partition coefficient (Wildman–Crippen LogP) is 1.84. The predicted molar refractivity (Wildman–Crippen MR) is 54.6 cm³/mol. The molecule has 0 saturated carbocycles. The molecule has 0 spiro atoms. The minimum absolute atomic E-state index is 0.220. The fraction of sp³-hybridized carbons (Fsp3) is 0.333. The molecule has 14 heavy (non-hydrogen) atoms. The zero-order chi connectivity index (χ0) is 9.97. The van der Waals surface area contributed by atoms with Crippen LogP contribution in [0.3, 0.4) is 0 Å². The second kappa shape index (κ2) is 3.81. The Morgan fingerprint density at radius 1 is 1.50 bits per heavy atom. The van der Waals surface area contributed by atoms with E-state index >= 15 is 0 Å². The molecule has 72 valence electrons. The lowest BCUT2D eigenvalue weighted by molar-refractivity contribution is 0.275. The molecule has 1 aliphatic rings. The van der Waals surface area contributed by atoms with Crippen molar-refractivity contribution in [1.82, 2.24) is 5.32 Å². The van der Waals surface area contributed by atoms with Crippen molar-refractivity contribution >= 4 is 0 Å². The van der Waals surface area contributed by atoms with Crippen LogP contribution in [0.15, 0.2) is 24.3 Å². The first-order chi connectivity index (χ1) is 6.83. The van der Waals surface area contributed by atoms with E-state index < -0.39 is 6.17 Å². The van der Waals surface area contributed by atoms with E-state index in [9.17, 15) is 4.39 Å². The molecule has 1 aromatic carbocycles. The number of hydrogen-bond donors (Lipinski definition) is 1. The van der Waals surface area contributed by atoms with Crippen LogP contribution < -0.4 is 5.32 Å². The Morgan fingerprint density at radius 3 is 3.07 bits per heavy atom. The van der Waals surface area contributed by atoms with Crippen molar-refractivity contribution in [2.45, 2.75) is 18.6 Å². The third-order valence-electron chi connectivity index (χ3n) is 2.59. The second-order valence-corrected chi connectivity index (χ2v) is 3.48. The summed E-state index contributed by atoms with van der Waals surface area (Å²) >= 11 is 0. The molecule has 2 heteroatoms. The molecule has 2 rings (SSSR count). The van der Waals surface area contributed by atoms with E-state index in [1.165, 1.54) is 0 Å². The first-order valence-electron chi connectivity index (χ1n) is 4.71. The summed E-state index contributed by atoms with van der Waals surface area (Å²) in [5, 5.41) is 3.03. The van der Waals surface area contributed by atoms with Crippen LogP contribution in [0, 0.1) is 12.3 Å². The highest BCUT2D eigenvalue weighted by Crippen LogP contribution is 2.32. The maximum Gasteiger partial charge on any atom is 0.124 e. The lowest BCUT2D eigenvalue weighted by Gasteiger charge is -2.14.